The Hall–Kier alpha value is -1.94. The molecule has 0 aromatic rings. The van der Waals surface area contributed by atoms with E-state index in [0.29, 0.717) is 25.7 Å². The van der Waals surface area contributed by atoms with Crippen molar-refractivity contribution in [3.63, 3.8) is 0 Å². The van der Waals surface area contributed by atoms with Crippen LogP contribution in [-0.2, 0) is 65.4 Å². The molecule has 0 saturated heterocycles. The Kier molecular flexibility index (Phi) is 70.3. The molecule has 2 unspecified atom stereocenters. The predicted octanol–water partition coefficient (Wildman–Crippen LogP) is 23.9. The van der Waals surface area contributed by atoms with Gasteiger partial charge in [0.25, 0.3) is 0 Å². The first kappa shape index (κ1) is 97.1. The van der Waals surface area contributed by atoms with Gasteiger partial charge in [0, 0.05) is 25.7 Å². The lowest BCUT2D eigenvalue weighted by molar-refractivity contribution is -0.161. The first-order valence-electron chi connectivity index (χ1n) is 41.5. The molecule has 588 valence electrons. The van der Waals surface area contributed by atoms with Crippen LogP contribution in [0.15, 0.2) is 0 Å². The normalized spacial score (nSPS) is 13.9. The van der Waals surface area contributed by atoms with Gasteiger partial charge in [0.2, 0.25) is 0 Å². The summed E-state index contributed by atoms with van der Waals surface area (Å²) in [5.74, 6) is -0.517. The van der Waals surface area contributed by atoms with Gasteiger partial charge in [-0.1, -0.05) is 369 Å². The molecule has 0 saturated carbocycles. The molecule has 17 nitrogen and oxygen atoms in total. The van der Waals surface area contributed by atoms with Gasteiger partial charge >= 0.3 is 39.5 Å². The first-order valence-corrected chi connectivity index (χ1v) is 44.5. The van der Waals surface area contributed by atoms with Gasteiger partial charge in [0.1, 0.15) is 19.3 Å². The van der Waals surface area contributed by atoms with Gasteiger partial charge in [0.15, 0.2) is 12.2 Å². The molecule has 3 N–H and O–H groups in total. The summed E-state index contributed by atoms with van der Waals surface area (Å²) < 4.78 is 68.7. The number of carbonyl (C=O) groups is 4. The lowest BCUT2D eigenvalue weighted by atomic mass is 10.0. The van der Waals surface area contributed by atoms with Crippen LogP contribution in [0, 0.1) is 11.8 Å². The third kappa shape index (κ3) is 74.1. The summed E-state index contributed by atoms with van der Waals surface area (Å²) in [6.45, 7) is 9.67. The third-order valence-corrected chi connectivity index (χ3v) is 20.6. The number of rotatable bonds is 79. The highest BCUT2D eigenvalue weighted by Crippen LogP contribution is 2.45. The predicted molar refractivity (Wildman–Crippen MR) is 405 cm³/mol. The second kappa shape index (κ2) is 71.7. The molecule has 0 rings (SSSR count). The summed E-state index contributed by atoms with van der Waals surface area (Å²) in [4.78, 5) is 73.0. The van der Waals surface area contributed by atoms with E-state index >= 15 is 0 Å². The summed E-state index contributed by atoms with van der Waals surface area (Å²) >= 11 is 0. The molecule has 0 fully saturated rings. The van der Waals surface area contributed by atoms with E-state index in [4.69, 9.17) is 37.0 Å². The summed E-state index contributed by atoms with van der Waals surface area (Å²) in [5.41, 5.74) is 0. The zero-order valence-electron chi connectivity index (χ0n) is 64.8. The zero-order valence-corrected chi connectivity index (χ0v) is 66.6. The number of aliphatic hydroxyl groups is 1. The van der Waals surface area contributed by atoms with Crippen molar-refractivity contribution in [2.75, 3.05) is 39.6 Å². The molecule has 0 amide bonds. The summed E-state index contributed by atoms with van der Waals surface area (Å²) in [6, 6.07) is 0. The second-order valence-corrected chi connectivity index (χ2v) is 32.7. The van der Waals surface area contributed by atoms with E-state index in [0.717, 1.165) is 102 Å². The monoisotopic (exact) mass is 1450 g/mol. The van der Waals surface area contributed by atoms with Gasteiger partial charge < -0.3 is 33.8 Å². The molecule has 99 heavy (non-hydrogen) atoms. The highest BCUT2D eigenvalue weighted by atomic mass is 31.2. The fourth-order valence-electron chi connectivity index (χ4n) is 12.4. The van der Waals surface area contributed by atoms with Crippen LogP contribution in [0.25, 0.3) is 0 Å². The minimum absolute atomic E-state index is 0.108. The van der Waals surface area contributed by atoms with Crippen LogP contribution in [0.5, 0.6) is 0 Å². The quantitative estimate of drug-likeness (QED) is 0.0222. The Balaban J connectivity index is 5.22. The number of phosphoric ester groups is 2. The van der Waals surface area contributed by atoms with Crippen LogP contribution >= 0.6 is 15.6 Å². The fraction of sp³-hybridized carbons (Fsp3) is 0.950. The molecule has 0 aliphatic rings. The van der Waals surface area contributed by atoms with Crippen molar-refractivity contribution >= 4 is 39.5 Å². The smallest absolute Gasteiger partial charge is 0.462 e. The Morgan fingerprint density at radius 2 is 0.465 bits per heavy atom. The maximum atomic E-state index is 13.1. The number of aliphatic hydroxyl groups excluding tert-OH is 1. The Morgan fingerprint density at radius 1 is 0.273 bits per heavy atom. The molecule has 0 radical (unpaired) electrons. The molecule has 19 heteroatoms. The van der Waals surface area contributed by atoms with Gasteiger partial charge in [-0.05, 0) is 37.5 Å². The minimum atomic E-state index is -4.96. The minimum Gasteiger partial charge on any atom is -0.462 e. The number of hydrogen-bond acceptors (Lipinski definition) is 15. The Morgan fingerprint density at radius 3 is 0.687 bits per heavy atom. The van der Waals surface area contributed by atoms with Crippen LogP contribution in [0.2, 0.25) is 0 Å². The summed E-state index contributed by atoms with van der Waals surface area (Å²) in [5, 5.41) is 10.6. The molecular formula is C80H156O17P2. The van der Waals surface area contributed by atoms with Crippen LogP contribution in [0.4, 0.5) is 0 Å². The van der Waals surface area contributed by atoms with E-state index in [-0.39, 0.29) is 25.7 Å². The fourth-order valence-corrected chi connectivity index (χ4v) is 13.9. The van der Waals surface area contributed by atoms with E-state index in [1.807, 2.05) is 0 Å². The van der Waals surface area contributed by atoms with Gasteiger partial charge in [-0.3, -0.25) is 37.3 Å². The third-order valence-electron chi connectivity index (χ3n) is 18.7. The molecule has 0 bridgehead atoms. The van der Waals surface area contributed by atoms with Crippen LogP contribution < -0.4 is 0 Å². The molecule has 0 aromatic heterocycles. The standard InChI is InChI=1S/C80H156O17P2/c1-7-9-11-13-15-17-19-26-33-40-46-52-58-64-79(84)96-75(68-90-77(82)62-56-50-44-38-30-18-16-14-12-10-8-2)70-94-98(86,87)92-66-74(81)67-93-99(88,89)95-71-76(69-91-78(83)63-57-51-45-39-35-29-32-37-43-49-55-61-73(5)6)97-80(85)65-59-53-47-41-34-28-25-23-21-20-22-24-27-31-36-42-48-54-60-72(3)4/h72-76,81H,7-71H2,1-6H3,(H,86,87)(H,88,89)/t74-,75+,76+/m0/s1. The molecule has 0 heterocycles. The van der Waals surface area contributed by atoms with Gasteiger partial charge in [-0.2, -0.15) is 0 Å². The lowest BCUT2D eigenvalue weighted by Crippen LogP contribution is -2.30. The largest absolute Gasteiger partial charge is 0.472 e. The average molecular weight is 1450 g/mol. The number of unbranched alkanes of at least 4 members (excludes halogenated alkanes) is 49. The van der Waals surface area contributed by atoms with Crippen LogP contribution in [-0.4, -0.2) is 96.7 Å². The van der Waals surface area contributed by atoms with Gasteiger partial charge in [-0.25, -0.2) is 9.13 Å². The lowest BCUT2D eigenvalue weighted by Gasteiger charge is -2.21. The highest BCUT2D eigenvalue weighted by Gasteiger charge is 2.30. The number of phosphoric acid groups is 2. The molecule has 0 spiro atoms. The van der Waals surface area contributed by atoms with E-state index in [2.05, 4.69) is 41.5 Å². The first-order chi connectivity index (χ1) is 47.9. The van der Waals surface area contributed by atoms with E-state index in [9.17, 15) is 43.2 Å². The average Bonchev–Trinajstić information content (AvgIpc) is 0.968. The molecule has 0 aromatic carbocycles. The Labute approximate surface area is 607 Å². The highest BCUT2D eigenvalue weighted by molar-refractivity contribution is 7.47. The number of ether oxygens (including phenoxy) is 4. The van der Waals surface area contributed by atoms with Gasteiger partial charge in [0.05, 0.1) is 26.4 Å². The number of esters is 4. The topological polar surface area (TPSA) is 237 Å². The van der Waals surface area contributed by atoms with Crippen molar-refractivity contribution < 1.29 is 80.2 Å². The van der Waals surface area contributed by atoms with E-state index in [1.165, 1.54) is 238 Å². The molecular weight excluding hydrogens is 1290 g/mol. The van der Waals surface area contributed by atoms with Crippen molar-refractivity contribution in [1.29, 1.82) is 0 Å². The summed E-state index contributed by atoms with van der Waals surface area (Å²) in [6.07, 6.45) is 60.9. The Bertz CT molecular complexity index is 1910. The van der Waals surface area contributed by atoms with E-state index < -0.39 is 97.5 Å². The van der Waals surface area contributed by atoms with Crippen molar-refractivity contribution in [2.45, 2.75) is 439 Å². The van der Waals surface area contributed by atoms with Crippen molar-refractivity contribution in [3.8, 4) is 0 Å². The summed E-state index contributed by atoms with van der Waals surface area (Å²) in [7, 11) is -9.92. The molecule has 0 aliphatic carbocycles. The van der Waals surface area contributed by atoms with Crippen LogP contribution in [0.3, 0.4) is 0 Å². The van der Waals surface area contributed by atoms with E-state index in [1.54, 1.807) is 0 Å². The van der Waals surface area contributed by atoms with Crippen LogP contribution in [0.1, 0.15) is 420 Å². The van der Waals surface area contributed by atoms with Crippen molar-refractivity contribution in [2.24, 2.45) is 11.8 Å². The van der Waals surface area contributed by atoms with Crippen molar-refractivity contribution in [1.82, 2.24) is 0 Å². The molecule has 5 atom stereocenters. The molecule has 0 aliphatic heterocycles. The maximum absolute atomic E-state index is 13.1. The number of carbonyl (C=O) groups excluding carboxylic acids is 4. The maximum Gasteiger partial charge on any atom is 0.472 e. The number of hydrogen-bond donors (Lipinski definition) is 3. The van der Waals surface area contributed by atoms with Gasteiger partial charge in [-0.15, -0.1) is 0 Å². The second-order valence-electron chi connectivity index (χ2n) is 29.8. The van der Waals surface area contributed by atoms with Crippen molar-refractivity contribution in [3.05, 3.63) is 0 Å². The SMILES string of the molecule is CCCCCCCCCCCCCCCC(=O)O[C@H](COC(=O)CCCCCCCCCCCCC)COP(=O)(O)OC[C@H](O)COP(=O)(O)OC[C@@H](COC(=O)CCCCCCCCCCCCCC(C)C)OC(=O)CCCCCCCCCCCCCCCCCCCCC(C)C. The zero-order chi connectivity index (χ0) is 72.8.